The van der Waals surface area contributed by atoms with Crippen molar-refractivity contribution in [2.45, 2.75) is 38.2 Å². The van der Waals surface area contributed by atoms with Crippen LogP contribution in [0.2, 0.25) is 0 Å². The van der Waals surface area contributed by atoms with E-state index in [0.29, 0.717) is 5.56 Å². The van der Waals surface area contributed by atoms with Crippen LogP contribution in [-0.4, -0.2) is 51.7 Å². The van der Waals surface area contributed by atoms with Crippen LogP contribution in [0.25, 0.3) is 0 Å². The summed E-state index contributed by atoms with van der Waals surface area (Å²) in [4.78, 5) is 27.3. The Morgan fingerprint density at radius 1 is 1.65 bits per heavy atom. The Labute approximate surface area is 132 Å². The first-order valence-corrected chi connectivity index (χ1v) is 7.27. The third-order valence-electron chi connectivity index (χ3n) is 3.88. The zero-order chi connectivity index (χ0) is 17.1. The first-order valence-electron chi connectivity index (χ1n) is 7.27. The van der Waals surface area contributed by atoms with Gasteiger partial charge in [0.15, 0.2) is 0 Å². The van der Waals surface area contributed by atoms with E-state index < -0.39 is 36.0 Å². The molecule has 23 heavy (non-hydrogen) atoms. The van der Waals surface area contributed by atoms with Crippen molar-refractivity contribution in [1.82, 2.24) is 9.55 Å². The fourth-order valence-electron chi connectivity index (χ4n) is 2.55. The Hall–Kier alpha value is -1.97. The molecule has 2 heterocycles. The van der Waals surface area contributed by atoms with E-state index in [1.807, 2.05) is 0 Å². The standard InChI is InChI=1S/C14H21N3O6/c1-7(13(20)22-2)3-8-5-17(14(21)16-12(8)15)11-4-9(19)10(6-18)23-11/h5,7,9-11,18-19H,3-4,6H2,1-2H3,(H2,15,16,21)/t7?,9-,10+,11+/m0/s1. The molecule has 1 aliphatic heterocycles. The largest absolute Gasteiger partial charge is 0.469 e. The van der Waals surface area contributed by atoms with Gasteiger partial charge in [0.2, 0.25) is 0 Å². The number of hydrogen-bond acceptors (Lipinski definition) is 8. The van der Waals surface area contributed by atoms with Crippen molar-refractivity contribution in [2.24, 2.45) is 5.92 Å². The minimum Gasteiger partial charge on any atom is -0.469 e. The van der Waals surface area contributed by atoms with E-state index in [-0.39, 0.29) is 25.3 Å². The highest BCUT2D eigenvalue weighted by Gasteiger charge is 2.35. The number of carbonyl (C=O) groups excluding carboxylic acids is 1. The molecule has 0 bridgehead atoms. The summed E-state index contributed by atoms with van der Waals surface area (Å²) in [5.74, 6) is -0.801. The van der Waals surface area contributed by atoms with Gasteiger partial charge in [-0.25, -0.2) is 4.79 Å². The first kappa shape index (κ1) is 17.4. The number of aliphatic hydroxyl groups excluding tert-OH is 2. The molecule has 9 nitrogen and oxygen atoms in total. The second kappa shape index (κ2) is 7.07. The van der Waals surface area contributed by atoms with Gasteiger partial charge in [-0.05, 0) is 6.42 Å². The summed E-state index contributed by atoms with van der Waals surface area (Å²) in [6.45, 7) is 1.33. The second-order valence-electron chi connectivity index (χ2n) is 5.58. The molecule has 9 heteroatoms. The number of hydrogen-bond donors (Lipinski definition) is 3. The zero-order valence-corrected chi connectivity index (χ0v) is 13.0. The van der Waals surface area contributed by atoms with Gasteiger partial charge >= 0.3 is 11.7 Å². The molecule has 0 spiro atoms. The normalized spacial score (nSPS) is 25.3. The van der Waals surface area contributed by atoms with Gasteiger partial charge < -0.3 is 25.4 Å². The van der Waals surface area contributed by atoms with E-state index in [9.17, 15) is 14.7 Å². The predicted octanol–water partition coefficient (Wildman–Crippen LogP) is -1.18. The second-order valence-corrected chi connectivity index (χ2v) is 5.58. The van der Waals surface area contributed by atoms with Crippen LogP contribution in [0, 0.1) is 5.92 Å². The maximum atomic E-state index is 12.0. The molecule has 0 radical (unpaired) electrons. The molecule has 1 fully saturated rings. The highest BCUT2D eigenvalue weighted by molar-refractivity contribution is 5.72. The van der Waals surface area contributed by atoms with E-state index in [1.165, 1.54) is 17.9 Å². The summed E-state index contributed by atoms with van der Waals surface area (Å²) in [6.07, 6.45) is -0.474. The highest BCUT2D eigenvalue weighted by atomic mass is 16.5. The molecule has 1 saturated heterocycles. The summed E-state index contributed by atoms with van der Waals surface area (Å²) in [7, 11) is 1.30. The molecule has 1 unspecified atom stereocenters. The number of nitrogens with two attached hydrogens (primary N) is 1. The van der Waals surface area contributed by atoms with Gasteiger partial charge in [0.05, 0.1) is 25.7 Å². The number of aliphatic hydroxyl groups is 2. The lowest BCUT2D eigenvalue weighted by Gasteiger charge is -2.17. The smallest absolute Gasteiger partial charge is 0.351 e. The van der Waals surface area contributed by atoms with E-state index >= 15 is 0 Å². The average Bonchev–Trinajstić information content (AvgIpc) is 2.89. The first-order chi connectivity index (χ1) is 10.9. The minimum atomic E-state index is -0.869. The molecule has 2 rings (SSSR count). The third-order valence-corrected chi connectivity index (χ3v) is 3.88. The quantitative estimate of drug-likeness (QED) is 0.575. The predicted molar refractivity (Wildman–Crippen MR) is 79.4 cm³/mol. The number of nitrogen functional groups attached to an aromatic ring is 1. The Balaban J connectivity index is 2.26. The Bertz CT molecular complexity index is 631. The van der Waals surface area contributed by atoms with Crippen LogP contribution in [0.5, 0.6) is 0 Å². The maximum absolute atomic E-state index is 12.0. The van der Waals surface area contributed by atoms with Crippen LogP contribution < -0.4 is 11.4 Å². The number of methoxy groups -OCH3 is 1. The molecule has 1 aromatic heterocycles. The molecule has 4 N–H and O–H groups in total. The van der Waals surface area contributed by atoms with Crippen molar-refractivity contribution in [3.05, 3.63) is 22.2 Å². The van der Waals surface area contributed by atoms with Crippen molar-refractivity contribution in [3.8, 4) is 0 Å². The van der Waals surface area contributed by atoms with Crippen molar-refractivity contribution in [2.75, 3.05) is 19.5 Å². The zero-order valence-electron chi connectivity index (χ0n) is 13.0. The molecule has 1 aliphatic rings. The number of carbonyl (C=O) groups is 1. The van der Waals surface area contributed by atoms with Gasteiger partial charge in [-0.15, -0.1) is 0 Å². The van der Waals surface area contributed by atoms with Gasteiger partial charge in [0.1, 0.15) is 18.1 Å². The topological polar surface area (TPSA) is 137 Å². The molecule has 0 aliphatic carbocycles. The Kier molecular flexibility index (Phi) is 5.34. The summed E-state index contributed by atoms with van der Waals surface area (Å²) >= 11 is 0. The van der Waals surface area contributed by atoms with Gasteiger partial charge in [-0.3, -0.25) is 9.36 Å². The average molecular weight is 327 g/mol. The molecule has 128 valence electrons. The lowest BCUT2D eigenvalue weighted by Crippen LogP contribution is -2.30. The van der Waals surface area contributed by atoms with Crippen LogP contribution in [0.15, 0.2) is 11.0 Å². The summed E-state index contributed by atoms with van der Waals surface area (Å²) in [6, 6.07) is 0. The molecular formula is C14H21N3O6. The lowest BCUT2D eigenvalue weighted by molar-refractivity contribution is -0.144. The Morgan fingerprint density at radius 2 is 2.35 bits per heavy atom. The minimum absolute atomic E-state index is 0.0410. The maximum Gasteiger partial charge on any atom is 0.351 e. The van der Waals surface area contributed by atoms with E-state index in [1.54, 1.807) is 6.92 Å². The summed E-state index contributed by atoms with van der Waals surface area (Å²) in [5.41, 5.74) is 5.64. The summed E-state index contributed by atoms with van der Waals surface area (Å²) < 4.78 is 11.3. The molecule has 0 amide bonds. The van der Waals surface area contributed by atoms with Gasteiger partial charge in [-0.2, -0.15) is 4.98 Å². The van der Waals surface area contributed by atoms with E-state index in [0.717, 1.165) is 0 Å². The highest BCUT2D eigenvalue weighted by Crippen LogP contribution is 2.28. The van der Waals surface area contributed by atoms with Crippen LogP contribution in [0.3, 0.4) is 0 Å². The molecule has 4 atom stereocenters. The van der Waals surface area contributed by atoms with Crippen molar-refractivity contribution in [1.29, 1.82) is 0 Å². The van der Waals surface area contributed by atoms with Gasteiger partial charge in [-0.1, -0.05) is 6.92 Å². The van der Waals surface area contributed by atoms with Gasteiger partial charge in [0.25, 0.3) is 0 Å². The van der Waals surface area contributed by atoms with Crippen LogP contribution in [0.4, 0.5) is 5.82 Å². The Morgan fingerprint density at radius 3 is 2.91 bits per heavy atom. The fourth-order valence-corrected chi connectivity index (χ4v) is 2.55. The molecule has 0 aromatic carbocycles. The molecular weight excluding hydrogens is 306 g/mol. The van der Waals surface area contributed by atoms with Crippen LogP contribution in [0.1, 0.15) is 25.1 Å². The number of aromatic nitrogens is 2. The SMILES string of the molecule is COC(=O)C(C)Cc1cn([C@H]2C[C@H](O)[C@@H](CO)O2)c(=O)nc1N. The summed E-state index contributed by atoms with van der Waals surface area (Å²) in [5, 5.41) is 18.9. The van der Waals surface area contributed by atoms with Crippen LogP contribution in [-0.2, 0) is 20.7 Å². The monoisotopic (exact) mass is 327 g/mol. The number of ether oxygens (including phenoxy) is 2. The fraction of sp³-hybridized carbons (Fsp3) is 0.643. The number of esters is 1. The van der Waals surface area contributed by atoms with Crippen molar-refractivity contribution >= 4 is 11.8 Å². The number of nitrogens with zero attached hydrogens (tertiary/aromatic N) is 2. The van der Waals surface area contributed by atoms with Crippen molar-refractivity contribution in [3.63, 3.8) is 0 Å². The third kappa shape index (κ3) is 3.69. The van der Waals surface area contributed by atoms with Crippen LogP contribution >= 0.6 is 0 Å². The van der Waals surface area contributed by atoms with E-state index in [4.69, 9.17) is 15.6 Å². The van der Waals surface area contributed by atoms with Gasteiger partial charge in [0, 0.05) is 18.2 Å². The molecule has 1 aromatic rings. The number of anilines is 1. The number of rotatable bonds is 5. The van der Waals surface area contributed by atoms with Crippen molar-refractivity contribution < 1.29 is 24.5 Å². The lowest BCUT2D eigenvalue weighted by atomic mass is 10.0. The van der Waals surface area contributed by atoms with E-state index in [2.05, 4.69) is 9.72 Å². The molecule has 0 saturated carbocycles.